The second kappa shape index (κ2) is 9.80. The van der Waals surface area contributed by atoms with Gasteiger partial charge in [-0.2, -0.15) is 0 Å². The highest BCUT2D eigenvalue weighted by molar-refractivity contribution is 6.03. The zero-order chi connectivity index (χ0) is 15.7. The van der Waals surface area contributed by atoms with Crippen molar-refractivity contribution in [3.8, 4) is 0 Å². The van der Waals surface area contributed by atoms with E-state index >= 15 is 0 Å². The molecule has 0 saturated heterocycles. The Balaban J connectivity index is 2.34. The van der Waals surface area contributed by atoms with E-state index in [2.05, 4.69) is 12.1 Å². The molecule has 0 N–H and O–H groups in total. The molecule has 0 spiro atoms. The van der Waals surface area contributed by atoms with Gasteiger partial charge in [0, 0.05) is 0 Å². The molecule has 0 saturated carbocycles. The van der Waals surface area contributed by atoms with E-state index in [-0.39, 0.29) is 23.9 Å². The van der Waals surface area contributed by atoms with Crippen LogP contribution in [0.4, 0.5) is 0 Å². The summed E-state index contributed by atoms with van der Waals surface area (Å²) in [5.41, 5.74) is 0.870. The van der Waals surface area contributed by atoms with E-state index in [9.17, 15) is 4.79 Å². The van der Waals surface area contributed by atoms with Crippen molar-refractivity contribution in [3.63, 3.8) is 0 Å². The van der Waals surface area contributed by atoms with E-state index in [1.54, 1.807) is 0 Å². The molecule has 1 aliphatic rings. The molecule has 0 amide bonds. The molecule has 122 valence electrons. The minimum atomic E-state index is -0.310. The summed E-state index contributed by atoms with van der Waals surface area (Å²) < 4.78 is 4.92. The number of oxime groups is 1. The lowest BCUT2D eigenvalue weighted by Gasteiger charge is -2.19. The van der Waals surface area contributed by atoms with Gasteiger partial charge >= 0.3 is 5.97 Å². The Morgan fingerprint density at radius 1 is 1.19 bits per heavy atom. The number of carbonyl (C=O) groups is 1. The Morgan fingerprint density at radius 3 is 2.38 bits per heavy atom. The van der Waals surface area contributed by atoms with Gasteiger partial charge in [0.2, 0.25) is 0 Å². The van der Waals surface area contributed by atoms with Crippen LogP contribution in [0.3, 0.4) is 0 Å². The van der Waals surface area contributed by atoms with Gasteiger partial charge in [-0.15, -0.1) is 0 Å². The van der Waals surface area contributed by atoms with Crippen LogP contribution in [-0.2, 0) is 14.4 Å². The van der Waals surface area contributed by atoms with E-state index in [0.717, 1.165) is 18.6 Å². The molecular weight excluding hydrogens is 266 g/mol. The third-order valence-electron chi connectivity index (χ3n) is 4.13. The number of carbonyl (C=O) groups excluding carboxylic acids is 1. The molecule has 0 aromatic rings. The molecule has 1 rings (SSSR count). The molecule has 1 aliphatic heterocycles. The SMILES string of the molecule is CCCCCCCCCC1=NO[C@@H](C(C)C)[C@@H]1C(=O)OC. The lowest BCUT2D eigenvalue weighted by Crippen LogP contribution is -2.35. The third-order valence-corrected chi connectivity index (χ3v) is 4.13. The number of hydrogen-bond acceptors (Lipinski definition) is 4. The summed E-state index contributed by atoms with van der Waals surface area (Å²) in [6, 6.07) is 0. The van der Waals surface area contributed by atoms with Crippen LogP contribution in [0.5, 0.6) is 0 Å². The van der Waals surface area contributed by atoms with Gasteiger partial charge in [-0.05, 0) is 18.8 Å². The normalized spacial score (nSPS) is 21.3. The summed E-state index contributed by atoms with van der Waals surface area (Å²) >= 11 is 0. The first-order valence-corrected chi connectivity index (χ1v) is 8.42. The van der Waals surface area contributed by atoms with E-state index in [0.29, 0.717) is 0 Å². The Kier molecular flexibility index (Phi) is 8.40. The van der Waals surface area contributed by atoms with Gasteiger partial charge in [0.25, 0.3) is 0 Å². The lowest BCUT2D eigenvalue weighted by molar-refractivity contribution is -0.147. The number of nitrogens with zero attached hydrogens (tertiary/aromatic N) is 1. The predicted molar refractivity (Wildman–Crippen MR) is 85.3 cm³/mol. The molecule has 0 aromatic carbocycles. The standard InChI is InChI=1S/C17H31NO3/c1-5-6-7-8-9-10-11-12-14-15(17(19)20-4)16(13(2)3)21-18-14/h13,15-16H,5-12H2,1-4H3/t15-,16+/m1/s1. The highest BCUT2D eigenvalue weighted by Crippen LogP contribution is 2.28. The van der Waals surface area contributed by atoms with Crippen LogP contribution < -0.4 is 0 Å². The average molecular weight is 297 g/mol. The number of esters is 1. The highest BCUT2D eigenvalue weighted by atomic mass is 16.6. The third kappa shape index (κ3) is 5.68. The van der Waals surface area contributed by atoms with E-state index < -0.39 is 0 Å². The number of hydrogen-bond donors (Lipinski definition) is 0. The van der Waals surface area contributed by atoms with Gasteiger partial charge in [-0.25, -0.2) is 0 Å². The van der Waals surface area contributed by atoms with Crippen molar-refractivity contribution in [2.75, 3.05) is 7.11 Å². The maximum atomic E-state index is 12.0. The molecule has 21 heavy (non-hydrogen) atoms. The Labute approximate surface area is 129 Å². The summed E-state index contributed by atoms with van der Waals surface area (Å²) in [6.07, 6.45) is 9.48. The summed E-state index contributed by atoms with van der Waals surface area (Å²) in [4.78, 5) is 17.4. The topological polar surface area (TPSA) is 47.9 Å². The van der Waals surface area contributed by atoms with Crippen molar-refractivity contribution in [3.05, 3.63) is 0 Å². The highest BCUT2D eigenvalue weighted by Gasteiger charge is 2.41. The maximum absolute atomic E-state index is 12.0. The van der Waals surface area contributed by atoms with Crippen LogP contribution in [0.15, 0.2) is 5.16 Å². The molecule has 0 aromatic heterocycles. The van der Waals surface area contributed by atoms with Gasteiger partial charge < -0.3 is 9.57 Å². The van der Waals surface area contributed by atoms with Crippen LogP contribution >= 0.6 is 0 Å². The van der Waals surface area contributed by atoms with Gasteiger partial charge in [-0.3, -0.25) is 4.79 Å². The zero-order valence-electron chi connectivity index (χ0n) is 14.1. The minimum Gasteiger partial charge on any atom is -0.468 e. The molecule has 0 unspecified atom stereocenters. The largest absolute Gasteiger partial charge is 0.468 e. The van der Waals surface area contributed by atoms with Crippen molar-refractivity contribution in [2.24, 2.45) is 17.0 Å². The maximum Gasteiger partial charge on any atom is 0.318 e. The molecule has 0 radical (unpaired) electrons. The van der Waals surface area contributed by atoms with Crippen molar-refractivity contribution in [1.29, 1.82) is 0 Å². The average Bonchev–Trinajstić information content (AvgIpc) is 2.89. The monoisotopic (exact) mass is 297 g/mol. The van der Waals surface area contributed by atoms with Gasteiger partial charge in [0.05, 0.1) is 12.8 Å². The van der Waals surface area contributed by atoms with Crippen LogP contribution in [0.25, 0.3) is 0 Å². The second-order valence-corrected chi connectivity index (χ2v) is 6.27. The van der Waals surface area contributed by atoms with Crippen molar-refractivity contribution in [2.45, 2.75) is 78.2 Å². The van der Waals surface area contributed by atoms with Gasteiger partial charge in [0.15, 0.2) is 0 Å². The molecule has 0 bridgehead atoms. The lowest BCUT2D eigenvalue weighted by atomic mass is 9.88. The van der Waals surface area contributed by atoms with Crippen LogP contribution in [0, 0.1) is 11.8 Å². The van der Waals surface area contributed by atoms with Gasteiger partial charge in [-0.1, -0.05) is 64.5 Å². The Bertz CT molecular complexity index is 339. The quantitative estimate of drug-likeness (QED) is 0.445. The fraction of sp³-hybridized carbons (Fsp3) is 0.882. The molecule has 2 atom stereocenters. The van der Waals surface area contributed by atoms with Crippen molar-refractivity contribution < 1.29 is 14.4 Å². The van der Waals surface area contributed by atoms with Crippen LogP contribution in [0.1, 0.15) is 72.1 Å². The molecule has 0 fully saturated rings. The summed E-state index contributed by atoms with van der Waals surface area (Å²) in [5, 5.41) is 4.15. The first-order chi connectivity index (χ1) is 10.1. The van der Waals surface area contributed by atoms with E-state index in [1.165, 1.54) is 45.6 Å². The van der Waals surface area contributed by atoms with Crippen molar-refractivity contribution in [1.82, 2.24) is 0 Å². The van der Waals surface area contributed by atoms with Crippen LogP contribution in [0.2, 0.25) is 0 Å². The van der Waals surface area contributed by atoms with E-state index in [4.69, 9.17) is 9.57 Å². The number of ether oxygens (including phenoxy) is 1. The van der Waals surface area contributed by atoms with Crippen LogP contribution in [-0.4, -0.2) is 24.9 Å². The molecule has 4 nitrogen and oxygen atoms in total. The molecule has 4 heteroatoms. The summed E-state index contributed by atoms with van der Waals surface area (Å²) in [6.45, 7) is 6.33. The zero-order valence-corrected chi connectivity index (χ0v) is 14.1. The Morgan fingerprint density at radius 2 is 1.81 bits per heavy atom. The molecular formula is C17H31NO3. The van der Waals surface area contributed by atoms with Gasteiger partial charge in [0.1, 0.15) is 12.0 Å². The number of methoxy groups -OCH3 is 1. The summed E-state index contributed by atoms with van der Waals surface area (Å²) in [5.74, 6) is -0.271. The number of rotatable bonds is 10. The number of unbranched alkanes of at least 4 members (excludes halogenated alkanes) is 6. The Hall–Kier alpha value is -1.06. The minimum absolute atomic E-state index is 0.169. The smallest absolute Gasteiger partial charge is 0.318 e. The molecule has 1 heterocycles. The van der Waals surface area contributed by atoms with Crippen molar-refractivity contribution >= 4 is 11.7 Å². The fourth-order valence-electron chi connectivity index (χ4n) is 2.80. The first kappa shape index (κ1) is 18.0. The van der Waals surface area contributed by atoms with E-state index in [1.807, 2.05) is 13.8 Å². The first-order valence-electron chi connectivity index (χ1n) is 8.42. The second-order valence-electron chi connectivity index (χ2n) is 6.27. The summed E-state index contributed by atoms with van der Waals surface area (Å²) in [7, 11) is 1.43. The molecule has 0 aliphatic carbocycles. The predicted octanol–water partition coefficient (Wildman–Crippen LogP) is 4.33. The fourth-order valence-corrected chi connectivity index (χ4v) is 2.80.